The zero-order valence-corrected chi connectivity index (χ0v) is 18.8. The van der Waals surface area contributed by atoms with Gasteiger partial charge >= 0.3 is 0 Å². The van der Waals surface area contributed by atoms with E-state index in [4.69, 9.17) is 9.47 Å². The summed E-state index contributed by atoms with van der Waals surface area (Å²) < 4.78 is 11.4. The molecule has 2 aliphatic rings. The van der Waals surface area contributed by atoms with E-state index in [0.29, 0.717) is 13.2 Å². The van der Waals surface area contributed by atoms with E-state index >= 15 is 0 Å². The molecule has 27 heavy (non-hydrogen) atoms. The van der Waals surface area contributed by atoms with Gasteiger partial charge < -0.3 is 25.0 Å². The molecule has 0 atom stereocenters. The smallest absolute Gasteiger partial charge is 0.195 e. The van der Waals surface area contributed by atoms with Crippen LogP contribution in [0, 0.1) is 0 Å². The predicted octanol–water partition coefficient (Wildman–Crippen LogP) is 3.72. The number of nitrogens with one attached hydrogen (secondary N) is 2. The number of nitrogens with zero attached hydrogens (tertiary/aromatic N) is 2. The average molecular weight is 488 g/mol. The largest absolute Gasteiger partial charge is 0.490 e. The zero-order valence-electron chi connectivity index (χ0n) is 16.5. The van der Waals surface area contributed by atoms with Crippen LogP contribution < -0.4 is 20.1 Å². The van der Waals surface area contributed by atoms with Crippen molar-refractivity contribution in [3.05, 3.63) is 18.2 Å². The normalized spacial score (nSPS) is 17.8. The number of likely N-dealkylation sites (N-methyl/N-ethyl adjacent to an activating group) is 1. The molecule has 1 heterocycles. The molecule has 1 saturated carbocycles. The van der Waals surface area contributed by atoms with Crippen LogP contribution in [0.1, 0.15) is 38.5 Å². The number of hydrogen-bond donors (Lipinski definition) is 2. The van der Waals surface area contributed by atoms with E-state index in [1.54, 1.807) is 7.05 Å². The lowest BCUT2D eigenvalue weighted by atomic mass is 9.94. The SMILES string of the molecule is CN=C(NCCN(C)C1CCCCC1)Nc1ccc2c(c1)OCCCO2.I. The van der Waals surface area contributed by atoms with Crippen molar-refractivity contribution in [1.29, 1.82) is 0 Å². The van der Waals surface area contributed by atoms with Crippen LogP contribution in [0.25, 0.3) is 0 Å². The summed E-state index contributed by atoms with van der Waals surface area (Å²) in [6.07, 6.45) is 7.72. The third kappa shape index (κ3) is 6.71. The minimum Gasteiger partial charge on any atom is -0.490 e. The summed E-state index contributed by atoms with van der Waals surface area (Å²) in [4.78, 5) is 6.81. The molecule has 3 rings (SSSR count). The van der Waals surface area contributed by atoms with Crippen molar-refractivity contribution < 1.29 is 9.47 Å². The van der Waals surface area contributed by atoms with Crippen LogP contribution in [-0.2, 0) is 0 Å². The van der Waals surface area contributed by atoms with E-state index in [1.807, 2.05) is 18.2 Å². The lowest BCUT2D eigenvalue weighted by molar-refractivity contribution is 0.194. The average Bonchev–Trinajstić information content (AvgIpc) is 2.92. The molecule has 0 radical (unpaired) electrons. The van der Waals surface area contributed by atoms with Crippen molar-refractivity contribution in [2.45, 2.75) is 44.6 Å². The number of halogens is 1. The van der Waals surface area contributed by atoms with Crippen LogP contribution in [0.15, 0.2) is 23.2 Å². The van der Waals surface area contributed by atoms with Gasteiger partial charge in [0.05, 0.1) is 13.2 Å². The highest BCUT2D eigenvalue weighted by atomic mass is 127. The van der Waals surface area contributed by atoms with Gasteiger partial charge in [0.25, 0.3) is 0 Å². The first kappa shape index (κ1) is 22.1. The zero-order chi connectivity index (χ0) is 18.2. The van der Waals surface area contributed by atoms with Gasteiger partial charge in [-0.05, 0) is 32.0 Å². The summed E-state index contributed by atoms with van der Waals surface area (Å²) >= 11 is 0. The van der Waals surface area contributed by atoms with Gasteiger partial charge in [-0.25, -0.2) is 0 Å². The van der Waals surface area contributed by atoms with Gasteiger partial charge in [0.15, 0.2) is 17.5 Å². The van der Waals surface area contributed by atoms with Crippen molar-refractivity contribution in [2.24, 2.45) is 4.99 Å². The maximum atomic E-state index is 5.75. The fourth-order valence-electron chi connectivity index (χ4n) is 3.61. The van der Waals surface area contributed by atoms with Gasteiger partial charge in [-0.15, -0.1) is 24.0 Å². The summed E-state index contributed by atoms with van der Waals surface area (Å²) in [5.41, 5.74) is 0.947. The molecule has 1 aliphatic heterocycles. The maximum absolute atomic E-state index is 5.75. The Morgan fingerprint density at radius 3 is 2.59 bits per heavy atom. The molecular formula is C20H33IN4O2. The molecule has 2 N–H and O–H groups in total. The van der Waals surface area contributed by atoms with Crippen LogP contribution in [0.4, 0.5) is 5.69 Å². The third-order valence-electron chi connectivity index (χ3n) is 5.19. The number of aliphatic imine (C=N–C) groups is 1. The molecule has 1 aromatic rings. The topological polar surface area (TPSA) is 58.1 Å². The summed E-state index contributed by atoms with van der Waals surface area (Å²) in [6, 6.07) is 6.66. The van der Waals surface area contributed by atoms with Gasteiger partial charge in [-0.1, -0.05) is 19.3 Å². The second-order valence-corrected chi connectivity index (χ2v) is 7.11. The number of rotatable bonds is 5. The first-order valence-corrected chi connectivity index (χ1v) is 9.84. The molecule has 0 bridgehead atoms. The minimum absolute atomic E-state index is 0. The van der Waals surface area contributed by atoms with Crippen molar-refractivity contribution >= 4 is 35.6 Å². The molecule has 0 spiro atoms. The van der Waals surface area contributed by atoms with Crippen molar-refractivity contribution in [2.75, 3.05) is 45.7 Å². The van der Waals surface area contributed by atoms with E-state index in [-0.39, 0.29) is 24.0 Å². The lowest BCUT2D eigenvalue weighted by Gasteiger charge is -2.31. The fourth-order valence-corrected chi connectivity index (χ4v) is 3.61. The van der Waals surface area contributed by atoms with Gasteiger partial charge in [0.1, 0.15) is 0 Å². The highest BCUT2D eigenvalue weighted by molar-refractivity contribution is 14.0. The number of fused-ring (bicyclic) bond motifs is 1. The van der Waals surface area contributed by atoms with Gasteiger partial charge in [0, 0.05) is 44.4 Å². The Labute approximate surface area is 180 Å². The Balaban J connectivity index is 0.00000261. The lowest BCUT2D eigenvalue weighted by Crippen LogP contribution is -2.41. The van der Waals surface area contributed by atoms with E-state index in [1.165, 1.54) is 32.1 Å². The number of anilines is 1. The molecule has 7 heteroatoms. The standard InChI is InChI=1S/C20H32N4O2.HI/c1-21-20(22-11-12-24(2)17-7-4-3-5-8-17)23-16-9-10-18-19(15-16)26-14-6-13-25-18;/h9-10,15,17H,3-8,11-14H2,1-2H3,(H2,21,22,23);1H. The molecular weight excluding hydrogens is 455 g/mol. The summed E-state index contributed by atoms with van der Waals surface area (Å²) in [5, 5.41) is 6.74. The maximum Gasteiger partial charge on any atom is 0.195 e. The van der Waals surface area contributed by atoms with E-state index < -0.39 is 0 Å². The van der Waals surface area contributed by atoms with Crippen molar-refractivity contribution in [3.8, 4) is 11.5 Å². The molecule has 1 fully saturated rings. The minimum atomic E-state index is 0. The fraction of sp³-hybridized carbons (Fsp3) is 0.650. The van der Waals surface area contributed by atoms with E-state index in [9.17, 15) is 0 Å². The molecule has 152 valence electrons. The number of benzene rings is 1. The second kappa shape index (κ2) is 11.6. The highest BCUT2D eigenvalue weighted by Gasteiger charge is 2.17. The number of guanidine groups is 1. The Hall–Kier alpha value is -1.22. The Morgan fingerprint density at radius 2 is 1.85 bits per heavy atom. The molecule has 0 unspecified atom stereocenters. The summed E-state index contributed by atoms with van der Waals surface area (Å²) in [6.45, 7) is 3.29. The van der Waals surface area contributed by atoms with Crippen molar-refractivity contribution in [3.63, 3.8) is 0 Å². The Morgan fingerprint density at radius 1 is 1.11 bits per heavy atom. The quantitative estimate of drug-likeness (QED) is 0.376. The van der Waals surface area contributed by atoms with Gasteiger partial charge in [-0.3, -0.25) is 4.99 Å². The van der Waals surface area contributed by atoms with E-state index in [2.05, 4.69) is 27.6 Å². The second-order valence-electron chi connectivity index (χ2n) is 7.11. The predicted molar refractivity (Wildman–Crippen MR) is 122 cm³/mol. The molecule has 0 amide bonds. The van der Waals surface area contributed by atoms with Crippen LogP contribution in [0.2, 0.25) is 0 Å². The van der Waals surface area contributed by atoms with Gasteiger partial charge in [0.2, 0.25) is 0 Å². The summed E-state index contributed by atoms with van der Waals surface area (Å²) in [7, 11) is 4.03. The van der Waals surface area contributed by atoms with E-state index in [0.717, 1.165) is 48.7 Å². The molecule has 0 saturated heterocycles. The summed E-state index contributed by atoms with van der Waals surface area (Å²) in [5.74, 6) is 2.38. The van der Waals surface area contributed by atoms with Crippen LogP contribution in [-0.4, -0.2) is 57.3 Å². The first-order valence-electron chi connectivity index (χ1n) is 9.84. The highest BCUT2D eigenvalue weighted by Crippen LogP contribution is 2.32. The van der Waals surface area contributed by atoms with Crippen LogP contribution in [0.5, 0.6) is 11.5 Å². The number of ether oxygens (including phenoxy) is 2. The third-order valence-corrected chi connectivity index (χ3v) is 5.19. The van der Waals surface area contributed by atoms with Crippen LogP contribution in [0.3, 0.4) is 0 Å². The van der Waals surface area contributed by atoms with Gasteiger partial charge in [-0.2, -0.15) is 0 Å². The molecule has 1 aromatic carbocycles. The molecule has 1 aliphatic carbocycles. The number of hydrogen-bond acceptors (Lipinski definition) is 4. The van der Waals surface area contributed by atoms with Crippen molar-refractivity contribution in [1.82, 2.24) is 10.2 Å². The Kier molecular flexibility index (Phi) is 9.47. The molecule has 0 aromatic heterocycles. The van der Waals surface area contributed by atoms with Crippen LogP contribution >= 0.6 is 24.0 Å². The molecule has 6 nitrogen and oxygen atoms in total. The first-order chi connectivity index (χ1) is 12.8. The Bertz CT molecular complexity index is 606. The monoisotopic (exact) mass is 488 g/mol.